The van der Waals surface area contributed by atoms with Gasteiger partial charge in [-0.15, -0.1) is 0 Å². The maximum atomic E-state index is 13.1. The van der Waals surface area contributed by atoms with Gasteiger partial charge in [0.2, 0.25) is 5.91 Å². The topological polar surface area (TPSA) is 67.9 Å². The van der Waals surface area contributed by atoms with Crippen molar-refractivity contribution >= 4 is 11.8 Å². The molecule has 0 saturated carbocycles. The Bertz CT molecular complexity index is 881. The van der Waals surface area contributed by atoms with E-state index in [1.54, 1.807) is 24.1 Å². The number of carbonyl (C=O) groups is 2. The molecule has 2 amide bonds. The number of nitrogens with zero attached hydrogens (tertiary/aromatic N) is 1. The van der Waals surface area contributed by atoms with Crippen LogP contribution in [-0.2, 0) is 11.3 Å². The van der Waals surface area contributed by atoms with Crippen LogP contribution in [0, 0.1) is 5.41 Å². The van der Waals surface area contributed by atoms with Crippen molar-refractivity contribution < 1.29 is 19.1 Å². The van der Waals surface area contributed by atoms with Gasteiger partial charge in [-0.05, 0) is 56.5 Å². The van der Waals surface area contributed by atoms with Crippen LogP contribution in [0.2, 0.25) is 0 Å². The van der Waals surface area contributed by atoms with E-state index in [-0.39, 0.29) is 11.8 Å². The summed E-state index contributed by atoms with van der Waals surface area (Å²) in [5, 5.41) is 3.04. The molecule has 1 saturated heterocycles. The minimum Gasteiger partial charge on any atom is -0.497 e. The summed E-state index contributed by atoms with van der Waals surface area (Å²) in [7, 11) is 1.63. The predicted octanol–water partition coefficient (Wildman–Crippen LogP) is 3.65. The Morgan fingerprint density at radius 2 is 1.87 bits per heavy atom. The van der Waals surface area contributed by atoms with Gasteiger partial charge in [0.05, 0.1) is 24.7 Å². The van der Waals surface area contributed by atoms with Crippen LogP contribution in [0.5, 0.6) is 11.5 Å². The first-order chi connectivity index (χ1) is 14.5. The van der Waals surface area contributed by atoms with E-state index < -0.39 is 5.41 Å². The van der Waals surface area contributed by atoms with Crippen LogP contribution in [0.25, 0.3) is 0 Å². The first-order valence-electron chi connectivity index (χ1n) is 10.4. The Hall–Kier alpha value is -3.02. The second kappa shape index (κ2) is 9.65. The molecular weight excluding hydrogens is 380 g/mol. The maximum Gasteiger partial charge on any atom is 0.257 e. The summed E-state index contributed by atoms with van der Waals surface area (Å²) in [6.45, 7) is 5.80. The summed E-state index contributed by atoms with van der Waals surface area (Å²) >= 11 is 0. The van der Waals surface area contributed by atoms with E-state index in [0.717, 1.165) is 24.2 Å². The number of carbonyl (C=O) groups excluding carboxylic acids is 2. The number of likely N-dealkylation sites (tertiary alicyclic amines) is 1. The Kier molecular flexibility index (Phi) is 6.98. The molecule has 2 aromatic rings. The van der Waals surface area contributed by atoms with Gasteiger partial charge in [-0.25, -0.2) is 0 Å². The monoisotopic (exact) mass is 410 g/mol. The van der Waals surface area contributed by atoms with Crippen molar-refractivity contribution in [3.05, 3.63) is 59.7 Å². The number of nitrogens with one attached hydrogen (secondary N) is 1. The van der Waals surface area contributed by atoms with Gasteiger partial charge in [-0.1, -0.05) is 24.3 Å². The number of ether oxygens (including phenoxy) is 2. The first kappa shape index (κ1) is 21.7. The van der Waals surface area contributed by atoms with E-state index in [2.05, 4.69) is 5.32 Å². The molecule has 0 unspecified atom stereocenters. The van der Waals surface area contributed by atoms with E-state index >= 15 is 0 Å². The lowest BCUT2D eigenvalue weighted by molar-refractivity contribution is -0.132. The molecule has 0 aliphatic carbocycles. The van der Waals surface area contributed by atoms with Crippen LogP contribution in [0.15, 0.2) is 48.5 Å². The summed E-state index contributed by atoms with van der Waals surface area (Å²) in [5.74, 6) is 1.24. The minimum absolute atomic E-state index is 0.0334. The van der Waals surface area contributed by atoms with E-state index in [9.17, 15) is 9.59 Å². The molecule has 3 rings (SSSR count). The molecule has 0 radical (unpaired) electrons. The summed E-state index contributed by atoms with van der Waals surface area (Å²) in [5.41, 5.74) is 0.922. The Labute approximate surface area is 178 Å². The van der Waals surface area contributed by atoms with Crippen LogP contribution >= 0.6 is 0 Å². The van der Waals surface area contributed by atoms with Gasteiger partial charge in [0, 0.05) is 19.6 Å². The molecule has 1 atom stereocenters. The number of hydrogen-bond donors (Lipinski definition) is 1. The van der Waals surface area contributed by atoms with E-state index in [0.29, 0.717) is 37.6 Å². The average Bonchev–Trinajstić information content (AvgIpc) is 2.78. The zero-order chi connectivity index (χ0) is 21.6. The summed E-state index contributed by atoms with van der Waals surface area (Å²) in [6, 6.07) is 14.9. The van der Waals surface area contributed by atoms with E-state index in [4.69, 9.17) is 9.47 Å². The standard InChI is InChI=1S/C24H30N2O4/c1-4-30-21-9-6-5-8-20(21)22(27)26-15-7-14-24(2,17-26)23(28)25-16-18-10-12-19(29-3)13-11-18/h5-6,8-13H,4,7,14-17H2,1-3H3,(H,25,28)/t24-/m1/s1. The summed E-state index contributed by atoms with van der Waals surface area (Å²) in [6.07, 6.45) is 1.54. The zero-order valence-corrected chi connectivity index (χ0v) is 17.9. The molecule has 2 aromatic carbocycles. The van der Waals surface area contributed by atoms with Crippen LogP contribution in [0.3, 0.4) is 0 Å². The lowest BCUT2D eigenvalue weighted by Gasteiger charge is -2.39. The van der Waals surface area contributed by atoms with Gasteiger partial charge in [-0.2, -0.15) is 0 Å². The molecule has 0 aromatic heterocycles. The number of piperidine rings is 1. The van der Waals surface area contributed by atoms with Crippen molar-refractivity contribution in [2.75, 3.05) is 26.8 Å². The van der Waals surface area contributed by atoms with Crippen LogP contribution in [0.4, 0.5) is 0 Å². The number of para-hydroxylation sites is 1. The van der Waals surface area contributed by atoms with Gasteiger partial charge >= 0.3 is 0 Å². The Morgan fingerprint density at radius 1 is 1.13 bits per heavy atom. The minimum atomic E-state index is -0.624. The second-order valence-corrected chi connectivity index (χ2v) is 7.85. The van der Waals surface area contributed by atoms with Crippen molar-refractivity contribution in [1.82, 2.24) is 10.2 Å². The number of rotatable bonds is 7. The molecule has 6 heteroatoms. The summed E-state index contributed by atoms with van der Waals surface area (Å²) < 4.78 is 10.8. The molecule has 1 fully saturated rings. The first-order valence-corrected chi connectivity index (χ1v) is 10.4. The molecule has 30 heavy (non-hydrogen) atoms. The summed E-state index contributed by atoms with van der Waals surface area (Å²) in [4.78, 5) is 27.9. The highest BCUT2D eigenvalue weighted by Crippen LogP contribution is 2.32. The lowest BCUT2D eigenvalue weighted by Crippen LogP contribution is -2.51. The third kappa shape index (κ3) is 4.93. The molecule has 1 aliphatic rings. The van der Waals surface area contributed by atoms with Crippen molar-refractivity contribution in [2.45, 2.75) is 33.2 Å². The number of methoxy groups -OCH3 is 1. The smallest absolute Gasteiger partial charge is 0.257 e. The average molecular weight is 411 g/mol. The highest BCUT2D eigenvalue weighted by Gasteiger charge is 2.39. The second-order valence-electron chi connectivity index (χ2n) is 7.85. The third-order valence-electron chi connectivity index (χ3n) is 5.56. The van der Waals surface area contributed by atoms with E-state index in [1.165, 1.54) is 0 Å². The molecule has 1 heterocycles. The van der Waals surface area contributed by atoms with Crippen LogP contribution in [-0.4, -0.2) is 43.5 Å². The normalized spacial score (nSPS) is 18.6. The molecule has 1 N–H and O–H groups in total. The van der Waals surface area contributed by atoms with Gasteiger partial charge in [0.25, 0.3) is 5.91 Å². The maximum absolute atomic E-state index is 13.1. The highest BCUT2D eigenvalue weighted by molar-refractivity contribution is 5.97. The van der Waals surface area contributed by atoms with Crippen molar-refractivity contribution in [1.29, 1.82) is 0 Å². The number of amides is 2. The number of hydrogen-bond acceptors (Lipinski definition) is 4. The van der Waals surface area contributed by atoms with Gasteiger partial charge in [-0.3, -0.25) is 9.59 Å². The van der Waals surface area contributed by atoms with Gasteiger partial charge in [0.1, 0.15) is 11.5 Å². The predicted molar refractivity (Wildman–Crippen MR) is 116 cm³/mol. The zero-order valence-electron chi connectivity index (χ0n) is 17.9. The molecule has 6 nitrogen and oxygen atoms in total. The van der Waals surface area contributed by atoms with Gasteiger partial charge in [0.15, 0.2) is 0 Å². The van der Waals surface area contributed by atoms with Crippen molar-refractivity contribution in [2.24, 2.45) is 5.41 Å². The Balaban J connectivity index is 1.66. The molecule has 0 bridgehead atoms. The quantitative estimate of drug-likeness (QED) is 0.757. The largest absolute Gasteiger partial charge is 0.497 e. The molecular formula is C24H30N2O4. The molecule has 1 aliphatic heterocycles. The molecule has 160 valence electrons. The molecule has 0 spiro atoms. The SMILES string of the molecule is CCOc1ccccc1C(=O)N1CCC[C@@](C)(C(=O)NCc2ccc(OC)cc2)C1. The fourth-order valence-corrected chi connectivity index (χ4v) is 3.83. The van der Waals surface area contributed by atoms with Crippen molar-refractivity contribution in [3.63, 3.8) is 0 Å². The third-order valence-corrected chi connectivity index (χ3v) is 5.56. The lowest BCUT2D eigenvalue weighted by atomic mass is 9.80. The number of benzene rings is 2. The Morgan fingerprint density at radius 3 is 2.57 bits per heavy atom. The van der Waals surface area contributed by atoms with Crippen LogP contribution in [0.1, 0.15) is 42.6 Å². The van der Waals surface area contributed by atoms with E-state index in [1.807, 2.05) is 50.2 Å². The van der Waals surface area contributed by atoms with Gasteiger partial charge < -0.3 is 19.7 Å². The highest BCUT2D eigenvalue weighted by atomic mass is 16.5. The fourth-order valence-electron chi connectivity index (χ4n) is 3.83. The van der Waals surface area contributed by atoms with Crippen molar-refractivity contribution in [3.8, 4) is 11.5 Å². The fraction of sp³-hybridized carbons (Fsp3) is 0.417. The van der Waals surface area contributed by atoms with Crippen LogP contribution < -0.4 is 14.8 Å².